The minimum absolute atomic E-state index is 0.328. The Morgan fingerprint density at radius 2 is 1.65 bits per heavy atom. The zero-order valence-corrected chi connectivity index (χ0v) is 11.9. The van der Waals surface area contributed by atoms with Crippen LogP contribution in [0.15, 0.2) is 67.1 Å². The third kappa shape index (κ3) is 3.48. The lowest BCUT2D eigenvalue weighted by atomic mass is 10.1. The Morgan fingerprint density at radius 1 is 0.870 bits per heavy atom. The van der Waals surface area contributed by atoms with Crippen LogP contribution in [0.3, 0.4) is 0 Å². The first-order valence-corrected chi connectivity index (χ1v) is 6.84. The fourth-order valence-corrected chi connectivity index (χ4v) is 2.18. The van der Waals surface area contributed by atoms with E-state index in [1.54, 1.807) is 30.7 Å². The van der Waals surface area contributed by atoms with Crippen molar-refractivity contribution in [3.63, 3.8) is 0 Å². The van der Waals surface area contributed by atoms with E-state index in [1.165, 1.54) is 6.07 Å². The molecule has 0 aliphatic rings. The Bertz CT molecular complexity index is 801. The van der Waals surface area contributed by atoms with E-state index in [0.717, 1.165) is 23.3 Å². The first-order valence-electron chi connectivity index (χ1n) is 6.84. The van der Waals surface area contributed by atoms with Gasteiger partial charge in [-0.3, -0.25) is 4.98 Å². The minimum Gasteiger partial charge on any atom is -0.340 e. The first-order chi connectivity index (χ1) is 11.0. The summed E-state index contributed by atoms with van der Waals surface area (Å²) < 4.78 is 38.4. The van der Waals surface area contributed by atoms with Crippen LogP contribution in [0.1, 0.15) is 5.56 Å². The Morgan fingerprint density at radius 3 is 2.39 bits per heavy atom. The molecule has 0 atom stereocenters. The van der Waals surface area contributed by atoms with Crippen LogP contribution < -0.4 is 5.32 Å². The highest BCUT2D eigenvalue weighted by atomic mass is 19.4. The summed E-state index contributed by atoms with van der Waals surface area (Å²) in [4.78, 5) is 8.19. The van der Waals surface area contributed by atoms with Crippen LogP contribution in [0.25, 0.3) is 11.1 Å². The number of nitrogens with one attached hydrogen (secondary N) is 1. The van der Waals surface area contributed by atoms with Crippen LogP contribution in [0.4, 0.5) is 24.7 Å². The lowest BCUT2D eigenvalue weighted by Gasteiger charge is -2.13. The molecule has 0 saturated carbocycles. The van der Waals surface area contributed by atoms with E-state index in [-0.39, 0.29) is 0 Å². The third-order valence-electron chi connectivity index (χ3n) is 3.25. The van der Waals surface area contributed by atoms with Gasteiger partial charge in [-0.2, -0.15) is 13.2 Å². The SMILES string of the molecule is FC(F)(F)c1cccc(Nc2ncccc2-c2ccncc2)c1. The average molecular weight is 315 g/mol. The van der Waals surface area contributed by atoms with Crippen molar-refractivity contribution in [1.82, 2.24) is 9.97 Å². The van der Waals surface area contributed by atoms with Gasteiger partial charge >= 0.3 is 6.18 Å². The molecular formula is C17H12F3N3. The molecule has 1 aromatic carbocycles. The van der Waals surface area contributed by atoms with Crippen LogP contribution in [-0.2, 0) is 6.18 Å². The largest absolute Gasteiger partial charge is 0.416 e. The van der Waals surface area contributed by atoms with Gasteiger partial charge in [-0.1, -0.05) is 6.07 Å². The number of anilines is 2. The average Bonchev–Trinajstić information content (AvgIpc) is 2.56. The molecule has 2 heterocycles. The van der Waals surface area contributed by atoms with Crippen LogP contribution in [0.2, 0.25) is 0 Å². The molecule has 0 fully saturated rings. The number of aromatic nitrogens is 2. The smallest absolute Gasteiger partial charge is 0.340 e. The summed E-state index contributed by atoms with van der Waals surface area (Å²) in [6, 6.07) is 12.3. The van der Waals surface area contributed by atoms with Gasteiger partial charge in [0, 0.05) is 29.8 Å². The molecular weight excluding hydrogens is 303 g/mol. The molecule has 0 amide bonds. The van der Waals surface area contributed by atoms with Crippen molar-refractivity contribution >= 4 is 11.5 Å². The molecule has 2 aromatic heterocycles. The van der Waals surface area contributed by atoms with E-state index < -0.39 is 11.7 Å². The van der Waals surface area contributed by atoms with E-state index in [4.69, 9.17) is 0 Å². The van der Waals surface area contributed by atoms with Gasteiger partial charge in [0.05, 0.1) is 5.56 Å². The van der Waals surface area contributed by atoms with Crippen molar-refractivity contribution in [2.24, 2.45) is 0 Å². The number of alkyl halides is 3. The van der Waals surface area contributed by atoms with Crippen LogP contribution in [0, 0.1) is 0 Å². The fourth-order valence-electron chi connectivity index (χ4n) is 2.18. The summed E-state index contributed by atoms with van der Waals surface area (Å²) >= 11 is 0. The topological polar surface area (TPSA) is 37.8 Å². The molecule has 3 aromatic rings. The first kappa shape index (κ1) is 15.0. The van der Waals surface area contributed by atoms with Gasteiger partial charge in [-0.25, -0.2) is 4.98 Å². The third-order valence-corrected chi connectivity index (χ3v) is 3.25. The number of nitrogens with zero attached hydrogens (tertiary/aromatic N) is 2. The number of halogens is 3. The normalized spacial score (nSPS) is 11.3. The van der Waals surface area contributed by atoms with E-state index >= 15 is 0 Å². The van der Waals surface area contributed by atoms with Gasteiger partial charge < -0.3 is 5.32 Å². The maximum atomic E-state index is 12.8. The second-order valence-electron chi connectivity index (χ2n) is 4.84. The standard InChI is InChI=1S/C17H12F3N3/c18-17(19,20)13-3-1-4-14(11-13)23-16-15(5-2-8-22-16)12-6-9-21-10-7-12/h1-11H,(H,22,23). The van der Waals surface area contributed by atoms with Gasteiger partial charge in [-0.15, -0.1) is 0 Å². The molecule has 23 heavy (non-hydrogen) atoms. The van der Waals surface area contributed by atoms with E-state index in [0.29, 0.717) is 11.5 Å². The zero-order chi connectivity index (χ0) is 16.3. The van der Waals surface area contributed by atoms with Crippen LogP contribution >= 0.6 is 0 Å². The molecule has 1 N–H and O–H groups in total. The van der Waals surface area contributed by atoms with Gasteiger partial charge in [0.25, 0.3) is 0 Å². The fraction of sp³-hybridized carbons (Fsp3) is 0.0588. The molecule has 0 spiro atoms. The van der Waals surface area contributed by atoms with E-state index in [9.17, 15) is 13.2 Å². The van der Waals surface area contributed by atoms with Crippen LogP contribution in [0.5, 0.6) is 0 Å². The van der Waals surface area contributed by atoms with E-state index in [2.05, 4.69) is 15.3 Å². The van der Waals surface area contributed by atoms with E-state index in [1.807, 2.05) is 18.2 Å². The number of benzene rings is 1. The zero-order valence-electron chi connectivity index (χ0n) is 11.9. The molecule has 0 saturated heterocycles. The molecule has 3 rings (SSSR count). The highest BCUT2D eigenvalue weighted by molar-refractivity contribution is 5.77. The lowest BCUT2D eigenvalue weighted by Crippen LogP contribution is -2.05. The summed E-state index contributed by atoms with van der Waals surface area (Å²) in [6.07, 6.45) is 0.503. The highest BCUT2D eigenvalue weighted by Gasteiger charge is 2.30. The maximum absolute atomic E-state index is 12.8. The Kier molecular flexibility index (Phi) is 3.97. The second kappa shape index (κ2) is 6.08. The number of rotatable bonds is 3. The maximum Gasteiger partial charge on any atom is 0.416 e. The Labute approximate surface area is 130 Å². The molecule has 0 bridgehead atoms. The Hall–Kier alpha value is -2.89. The number of hydrogen-bond donors (Lipinski definition) is 1. The summed E-state index contributed by atoms with van der Waals surface area (Å²) in [6.45, 7) is 0. The predicted octanol–water partition coefficient (Wildman–Crippen LogP) is 4.91. The van der Waals surface area contributed by atoms with Gasteiger partial charge in [0.1, 0.15) is 5.82 Å². The quantitative estimate of drug-likeness (QED) is 0.746. The summed E-state index contributed by atoms with van der Waals surface area (Å²) in [5.74, 6) is 0.484. The second-order valence-corrected chi connectivity index (χ2v) is 4.84. The van der Waals surface area contributed by atoms with Crippen molar-refractivity contribution in [1.29, 1.82) is 0 Å². The van der Waals surface area contributed by atoms with Crippen molar-refractivity contribution in [3.8, 4) is 11.1 Å². The van der Waals surface area contributed by atoms with Crippen molar-refractivity contribution < 1.29 is 13.2 Å². The minimum atomic E-state index is -4.38. The monoisotopic (exact) mass is 315 g/mol. The predicted molar refractivity (Wildman–Crippen MR) is 82.2 cm³/mol. The van der Waals surface area contributed by atoms with Gasteiger partial charge in [0.15, 0.2) is 0 Å². The molecule has 3 nitrogen and oxygen atoms in total. The Balaban J connectivity index is 1.96. The summed E-state index contributed by atoms with van der Waals surface area (Å²) in [5, 5.41) is 2.95. The molecule has 0 aliphatic carbocycles. The lowest BCUT2D eigenvalue weighted by molar-refractivity contribution is -0.137. The summed E-state index contributed by atoms with van der Waals surface area (Å²) in [7, 11) is 0. The van der Waals surface area contributed by atoms with Gasteiger partial charge in [-0.05, 0) is 48.0 Å². The number of pyridine rings is 2. The summed E-state index contributed by atoms with van der Waals surface area (Å²) in [5.41, 5.74) is 1.28. The van der Waals surface area contributed by atoms with Crippen molar-refractivity contribution in [3.05, 3.63) is 72.7 Å². The molecule has 0 unspecified atom stereocenters. The molecule has 6 heteroatoms. The van der Waals surface area contributed by atoms with Crippen molar-refractivity contribution in [2.45, 2.75) is 6.18 Å². The van der Waals surface area contributed by atoms with Gasteiger partial charge in [0.2, 0.25) is 0 Å². The highest BCUT2D eigenvalue weighted by Crippen LogP contribution is 2.32. The number of hydrogen-bond acceptors (Lipinski definition) is 3. The van der Waals surface area contributed by atoms with Crippen LogP contribution in [-0.4, -0.2) is 9.97 Å². The van der Waals surface area contributed by atoms with Crippen molar-refractivity contribution in [2.75, 3.05) is 5.32 Å². The molecule has 0 aliphatic heterocycles. The molecule has 0 radical (unpaired) electrons. The molecule has 116 valence electrons.